The Hall–Kier alpha value is -1.86. The molecule has 0 spiro atoms. The van der Waals surface area contributed by atoms with Crippen molar-refractivity contribution in [2.75, 3.05) is 48.0 Å². The average Bonchev–Trinajstić information content (AvgIpc) is 2.58. The van der Waals surface area contributed by atoms with E-state index in [1.165, 1.54) is 4.31 Å². The van der Waals surface area contributed by atoms with Crippen LogP contribution in [0.3, 0.4) is 0 Å². The summed E-state index contributed by atoms with van der Waals surface area (Å²) in [6, 6.07) is 11.9. The van der Waals surface area contributed by atoms with Crippen LogP contribution in [-0.4, -0.2) is 42.4 Å². The zero-order chi connectivity index (χ0) is 19.1. The third kappa shape index (κ3) is 3.38. The molecule has 0 unspecified atom stereocenters. The maximum absolute atomic E-state index is 13.0. The molecule has 0 bridgehead atoms. The van der Waals surface area contributed by atoms with Crippen LogP contribution in [0.5, 0.6) is 0 Å². The average molecular weight is 392 g/mol. The highest BCUT2D eigenvalue weighted by Gasteiger charge is 2.32. The van der Waals surface area contributed by atoms with Gasteiger partial charge in [-0.3, -0.25) is 0 Å². The van der Waals surface area contributed by atoms with Crippen LogP contribution >= 0.6 is 11.8 Å². The van der Waals surface area contributed by atoms with Crippen LogP contribution in [0.4, 0.5) is 22.7 Å². The Bertz CT molecular complexity index is 867. The number of fused-ring (bicyclic) bond motifs is 2. The topological polar surface area (TPSA) is 43.9 Å². The van der Waals surface area contributed by atoms with E-state index < -0.39 is 10.0 Å². The zero-order valence-electron chi connectivity index (χ0n) is 15.9. The van der Waals surface area contributed by atoms with Crippen molar-refractivity contribution in [1.29, 1.82) is 0 Å². The second-order valence-electron chi connectivity index (χ2n) is 6.78. The van der Waals surface area contributed by atoms with Crippen LogP contribution in [0.25, 0.3) is 0 Å². The lowest BCUT2D eigenvalue weighted by Crippen LogP contribution is -2.30. The van der Waals surface area contributed by atoms with Crippen molar-refractivity contribution in [2.45, 2.75) is 23.1 Å². The number of sulfonamides is 1. The van der Waals surface area contributed by atoms with Crippen molar-refractivity contribution in [3.05, 3.63) is 36.4 Å². The molecule has 2 aromatic carbocycles. The Morgan fingerprint density at radius 1 is 0.885 bits per heavy atom. The molecule has 0 atom stereocenters. The van der Waals surface area contributed by atoms with Crippen LogP contribution in [0.2, 0.25) is 0 Å². The summed E-state index contributed by atoms with van der Waals surface area (Å²) in [5, 5.41) is 0. The molecule has 1 heterocycles. The van der Waals surface area contributed by atoms with Gasteiger partial charge in [0, 0.05) is 49.4 Å². The number of rotatable bonds is 5. The van der Waals surface area contributed by atoms with Gasteiger partial charge < -0.3 is 9.80 Å². The molecule has 0 radical (unpaired) electrons. The summed E-state index contributed by atoms with van der Waals surface area (Å²) in [7, 11) is 4.51. The molecular weight excluding hydrogens is 366 g/mol. The number of hydrogen-bond donors (Lipinski definition) is 0. The molecule has 26 heavy (non-hydrogen) atoms. The van der Waals surface area contributed by atoms with Crippen LogP contribution in [0.15, 0.2) is 46.2 Å². The van der Waals surface area contributed by atoms with Crippen molar-refractivity contribution in [1.82, 2.24) is 0 Å². The molecule has 0 aromatic heterocycles. The molecule has 1 aliphatic heterocycles. The summed E-state index contributed by atoms with van der Waals surface area (Å²) in [6.07, 6.45) is 0.586. The van der Waals surface area contributed by atoms with Crippen molar-refractivity contribution in [2.24, 2.45) is 0 Å². The van der Waals surface area contributed by atoms with E-state index in [9.17, 15) is 8.42 Å². The third-order valence-electron chi connectivity index (χ3n) is 4.32. The van der Waals surface area contributed by atoms with Crippen molar-refractivity contribution >= 4 is 44.5 Å². The Morgan fingerprint density at radius 2 is 1.35 bits per heavy atom. The molecule has 0 aliphatic carbocycles. The third-order valence-corrected chi connectivity index (χ3v) is 7.29. The van der Waals surface area contributed by atoms with Gasteiger partial charge in [-0.15, -0.1) is 0 Å². The lowest BCUT2D eigenvalue weighted by Gasteiger charge is -2.33. The van der Waals surface area contributed by atoms with E-state index in [1.807, 2.05) is 69.2 Å². The summed E-state index contributed by atoms with van der Waals surface area (Å²) < 4.78 is 27.6. The molecule has 140 valence electrons. The smallest absolute Gasteiger partial charge is 0.239 e. The fraction of sp³-hybridized carbons (Fsp3) is 0.368. The first kappa shape index (κ1) is 18.9. The van der Waals surface area contributed by atoms with E-state index in [4.69, 9.17) is 0 Å². The first-order valence-corrected chi connectivity index (χ1v) is 11.0. The predicted octanol–water partition coefficient (Wildman–Crippen LogP) is 4.16. The summed E-state index contributed by atoms with van der Waals surface area (Å²) in [5.41, 5.74) is 3.57. The first-order valence-electron chi connectivity index (χ1n) is 8.58. The standard InChI is InChI=1S/C19H25N3O2S2/c1-6-11-26(23,24)22-16-9-7-14(20(2)3)12-18(16)25-19-13-15(21(4)5)8-10-17(19)22/h7-10,12-13H,6,11H2,1-5H3. The van der Waals surface area contributed by atoms with Gasteiger partial charge in [-0.25, -0.2) is 12.7 Å². The van der Waals surface area contributed by atoms with Crippen LogP contribution < -0.4 is 14.1 Å². The second-order valence-corrected chi connectivity index (χ2v) is 9.80. The molecule has 0 amide bonds. The molecule has 1 aliphatic rings. The first-order chi connectivity index (χ1) is 12.2. The minimum atomic E-state index is -3.43. The van der Waals surface area contributed by atoms with E-state index in [0.717, 1.165) is 32.5 Å². The number of anilines is 4. The number of benzene rings is 2. The molecule has 3 rings (SSSR count). The number of hydrogen-bond acceptors (Lipinski definition) is 5. The lowest BCUT2D eigenvalue weighted by molar-refractivity contribution is 0.594. The van der Waals surface area contributed by atoms with E-state index in [-0.39, 0.29) is 5.75 Å². The molecule has 2 aromatic rings. The van der Waals surface area contributed by atoms with Crippen LogP contribution in [0, 0.1) is 0 Å². The fourth-order valence-corrected chi connectivity index (χ4v) is 5.81. The summed E-state index contributed by atoms with van der Waals surface area (Å²) in [4.78, 5) is 5.97. The van der Waals surface area contributed by atoms with Gasteiger partial charge in [0.15, 0.2) is 0 Å². The van der Waals surface area contributed by atoms with E-state index in [1.54, 1.807) is 11.8 Å². The monoisotopic (exact) mass is 391 g/mol. The van der Waals surface area contributed by atoms with E-state index in [0.29, 0.717) is 6.42 Å². The van der Waals surface area contributed by atoms with Crippen LogP contribution in [-0.2, 0) is 10.0 Å². The minimum absolute atomic E-state index is 0.126. The van der Waals surface area contributed by atoms with Crippen molar-refractivity contribution < 1.29 is 8.42 Å². The number of nitrogens with zero attached hydrogens (tertiary/aromatic N) is 3. The lowest BCUT2D eigenvalue weighted by atomic mass is 10.2. The molecule has 0 N–H and O–H groups in total. The Morgan fingerprint density at radius 3 is 1.73 bits per heavy atom. The van der Waals surface area contributed by atoms with Crippen molar-refractivity contribution in [3.8, 4) is 0 Å². The van der Waals surface area contributed by atoms with Gasteiger partial charge in [-0.05, 0) is 42.8 Å². The van der Waals surface area contributed by atoms with Gasteiger partial charge >= 0.3 is 0 Å². The van der Waals surface area contributed by atoms with E-state index >= 15 is 0 Å². The van der Waals surface area contributed by atoms with Gasteiger partial charge in [0.2, 0.25) is 10.0 Å². The summed E-state index contributed by atoms with van der Waals surface area (Å²) in [5.74, 6) is 0.126. The van der Waals surface area contributed by atoms with Crippen molar-refractivity contribution in [3.63, 3.8) is 0 Å². The molecule has 7 heteroatoms. The highest BCUT2D eigenvalue weighted by Crippen LogP contribution is 2.51. The molecule has 0 fully saturated rings. The maximum Gasteiger partial charge on any atom is 0.239 e. The normalized spacial score (nSPS) is 13.2. The quantitative estimate of drug-likeness (QED) is 0.766. The Labute approximate surface area is 160 Å². The molecule has 0 saturated heterocycles. The summed E-state index contributed by atoms with van der Waals surface area (Å²) >= 11 is 1.62. The fourth-order valence-electron chi connectivity index (χ4n) is 2.96. The highest BCUT2D eigenvalue weighted by molar-refractivity contribution is 8.00. The van der Waals surface area contributed by atoms with Gasteiger partial charge in [0.05, 0.1) is 17.1 Å². The predicted molar refractivity (Wildman–Crippen MR) is 112 cm³/mol. The van der Waals surface area contributed by atoms with Gasteiger partial charge in [0.25, 0.3) is 0 Å². The maximum atomic E-state index is 13.0. The summed E-state index contributed by atoms with van der Waals surface area (Å²) in [6.45, 7) is 1.89. The second kappa shape index (κ2) is 7.04. The Balaban J connectivity index is 2.21. The molecule has 5 nitrogen and oxygen atoms in total. The Kier molecular flexibility index (Phi) is 5.12. The minimum Gasteiger partial charge on any atom is -0.378 e. The molecule has 0 saturated carbocycles. The van der Waals surface area contributed by atoms with Gasteiger partial charge in [-0.1, -0.05) is 18.7 Å². The molecular formula is C19H25N3O2S2. The van der Waals surface area contributed by atoms with Gasteiger partial charge in [0.1, 0.15) is 0 Å². The zero-order valence-corrected chi connectivity index (χ0v) is 17.5. The van der Waals surface area contributed by atoms with E-state index in [2.05, 4.69) is 12.1 Å². The highest BCUT2D eigenvalue weighted by atomic mass is 32.2. The largest absolute Gasteiger partial charge is 0.378 e. The SMILES string of the molecule is CCCS(=O)(=O)N1c2ccc(N(C)C)cc2Sc2cc(N(C)C)ccc21. The van der Waals surface area contributed by atoms with Crippen LogP contribution in [0.1, 0.15) is 13.3 Å². The van der Waals surface area contributed by atoms with Gasteiger partial charge in [-0.2, -0.15) is 0 Å².